The van der Waals surface area contributed by atoms with Gasteiger partial charge in [-0.05, 0) is 6.42 Å². The van der Waals surface area contributed by atoms with Gasteiger partial charge in [0.15, 0.2) is 9.28 Å². The van der Waals surface area contributed by atoms with Crippen LogP contribution in [-0.2, 0) is 4.43 Å². The number of alkyl halides is 2. The largest absolute Gasteiger partial charge is 0.427 e. The molecule has 0 bridgehead atoms. The fraction of sp³-hybridized carbons (Fsp3) is 0.556. The van der Waals surface area contributed by atoms with Gasteiger partial charge in [-0.3, -0.25) is 0 Å². The van der Waals surface area contributed by atoms with E-state index in [1.807, 2.05) is 12.2 Å². The lowest BCUT2D eigenvalue weighted by Crippen LogP contribution is -2.60. The van der Waals surface area contributed by atoms with E-state index >= 15 is 0 Å². The van der Waals surface area contributed by atoms with Crippen LogP contribution < -0.4 is 0 Å². The SMILES string of the molecule is C=CC(Cl)[Si]1(C(Cl)C=C)CCCO[SiH2]1. The maximum atomic E-state index is 6.34. The molecule has 0 aromatic heterocycles. The molecule has 1 saturated heterocycles. The molecule has 1 aliphatic heterocycles. The maximum Gasteiger partial charge on any atom is 0.155 e. The van der Waals surface area contributed by atoms with Crippen LogP contribution >= 0.6 is 23.2 Å². The maximum absolute atomic E-state index is 6.34. The zero-order chi connectivity index (χ0) is 10.6. The molecule has 0 N–H and O–H groups in total. The second-order valence-electron chi connectivity index (χ2n) is 3.66. The molecule has 80 valence electrons. The Bertz CT molecular complexity index is 201. The molecule has 2 atom stereocenters. The first-order chi connectivity index (χ1) is 6.67. The van der Waals surface area contributed by atoms with Gasteiger partial charge in [-0.25, -0.2) is 0 Å². The third kappa shape index (κ3) is 2.33. The average molecular weight is 267 g/mol. The number of hydrogen-bond acceptors (Lipinski definition) is 1. The zero-order valence-corrected chi connectivity index (χ0v) is 12.1. The Balaban J connectivity index is 2.86. The molecule has 0 aromatic carbocycles. The van der Waals surface area contributed by atoms with Crippen LogP contribution in [0.15, 0.2) is 25.3 Å². The van der Waals surface area contributed by atoms with Crippen molar-refractivity contribution in [2.24, 2.45) is 0 Å². The van der Waals surface area contributed by atoms with Gasteiger partial charge in [0.25, 0.3) is 0 Å². The van der Waals surface area contributed by atoms with Crippen LogP contribution in [0.3, 0.4) is 0 Å². The molecule has 1 rings (SSSR count). The smallest absolute Gasteiger partial charge is 0.155 e. The Hall–Kier alpha value is 0.454. The predicted molar refractivity (Wildman–Crippen MR) is 69.4 cm³/mol. The van der Waals surface area contributed by atoms with Gasteiger partial charge in [0.05, 0.1) is 0 Å². The van der Waals surface area contributed by atoms with Crippen molar-refractivity contribution in [1.29, 1.82) is 0 Å². The Morgan fingerprint density at radius 3 is 2.21 bits per heavy atom. The molecule has 0 aromatic rings. The highest BCUT2D eigenvalue weighted by Gasteiger charge is 2.46. The molecule has 0 radical (unpaired) electrons. The summed E-state index contributed by atoms with van der Waals surface area (Å²) >= 11 is 12.7. The minimum Gasteiger partial charge on any atom is -0.427 e. The third-order valence-corrected chi connectivity index (χ3v) is 18.2. The predicted octanol–water partition coefficient (Wildman–Crippen LogP) is 2.10. The van der Waals surface area contributed by atoms with Crippen LogP contribution in [0.25, 0.3) is 0 Å². The van der Waals surface area contributed by atoms with Crippen LogP contribution in [0.5, 0.6) is 0 Å². The first-order valence-electron chi connectivity index (χ1n) is 4.78. The molecule has 0 saturated carbocycles. The first kappa shape index (κ1) is 12.5. The van der Waals surface area contributed by atoms with Crippen molar-refractivity contribution >= 4 is 40.1 Å². The van der Waals surface area contributed by atoms with Gasteiger partial charge in [0.1, 0.15) is 7.59 Å². The third-order valence-electron chi connectivity index (χ3n) is 2.81. The monoisotopic (exact) mass is 266 g/mol. The molecule has 1 nitrogen and oxygen atoms in total. The molecule has 2 unspecified atom stereocenters. The Labute approximate surface area is 98.9 Å². The van der Waals surface area contributed by atoms with E-state index in [-0.39, 0.29) is 10.0 Å². The topological polar surface area (TPSA) is 9.23 Å². The second kappa shape index (κ2) is 5.51. The van der Waals surface area contributed by atoms with Gasteiger partial charge in [-0.1, -0.05) is 18.2 Å². The van der Waals surface area contributed by atoms with Gasteiger partial charge in [0.2, 0.25) is 0 Å². The Morgan fingerprint density at radius 2 is 1.86 bits per heavy atom. The van der Waals surface area contributed by atoms with Crippen molar-refractivity contribution in [1.82, 2.24) is 0 Å². The first-order valence-corrected chi connectivity index (χ1v) is 10.9. The normalized spacial score (nSPS) is 33.6. The molecule has 5 heteroatoms. The van der Waals surface area contributed by atoms with Gasteiger partial charge < -0.3 is 4.43 Å². The van der Waals surface area contributed by atoms with Gasteiger partial charge in [-0.15, -0.1) is 36.4 Å². The Kier molecular flexibility index (Phi) is 4.93. The number of allylic oxidation sites excluding steroid dienone is 2. The minimum atomic E-state index is -1.68. The van der Waals surface area contributed by atoms with E-state index in [9.17, 15) is 0 Å². The lowest BCUT2D eigenvalue weighted by molar-refractivity contribution is 0.333. The summed E-state index contributed by atoms with van der Waals surface area (Å²) in [5.41, 5.74) is 0. The highest BCUT2D eigenvalue weighted by atomic mass is 35.5. The molecule has 0 aliphatic carbocycles. The molecular weight excluding hydrogens is 251 g/mol. The zero-order valence-electron chi connectivity index (χ0n) is 8.22. The summed E-state index contributed by atoms with van der Waals surface area (Å²) < 4.78 is 5.67. The molecule has 1 fully saturated rings. The molecule has 0 spiro atoms. The fourth-order valence-electron chi connectivity index (χ4n) is 1.89. The van der Waals surface area contributed by atoms with E-state index in [0.29, 0.717) is 0 Å². The molecular formula is C9H16Cl2OSi2. The quantitative estimate of drug-likeness (QED) is 0.430. The van der Waals surface area contributed by atoms with E-state index < -0.39 is 16.9 Å². The van der Waals surface area contributed by atoms with Crippen LogP contribution in [0.1, 0.15) is 6.42 Å². The van der Waals surface area contributed by atoms with E-state index in [2.05, 4.69) is 13.2 Å². The minimum absolute atomic E-state index is 0.0370. The summed E-state index contributed by atoms with van der Waals surface area (Å²) in [7, 11) is -2.25. The fourth-order valence-corrected chi connectivity index (χ4v) is 13.2. The van der Waals surface area contributed by atoms with Crippen LogP contribution in [0, 0.1) is 0 Å². The van der Waals surface area contributed by atoms with Crippen molar-refractivity contribution in [2.75, 3.05) is 6.61 Å². The van der Waals surface area contributed by atoms with Crippen molar-refractivity contribution < 1.29 is 4.43 Å². The van der Waals surface area contributed by atoms with Crippen molar-refractivity contribution in [3.63, 3.8) is 0 Å². The standard InChI is InChI=1S/C9H16Cl2OSi2/c1-3-8(10)14(9(11)4-2)7-5-6-12-13-14/h3-4,8-9H,1-2,5-7,13H2. The number of halogens is 2. The lowest BCUT2D eigenvalue weighted by atomic mass is 10.5. The molecule has 14 heavy (non-hydrogen) atoms. The highest BCUT2D eigenvalue weighted by molar-refractivity contribution is 7.28. The average Bonchev–Trinajstić information content (AvgIpc) is 2.27. The summed E-state index contributed by atoms with van der Waals surface area (Å²) in [4.78, 5) is 0. The van der Waals surface area contributed by atoms with Crippen LogP contribution in [0.4, 0.5) is 0 Å². The van der Waals surface area contributed by atoms with E-state index in [4.69, 9.17) is 27.6 Å². The summed E-state index contributed by atoms with van der Waals surface area (Å²) in [5, 5.41) is 0.0740. The number of hydrogen-bond donors (Lipinski definition) is 0. The van der Waals surface area contributed by atoms with E-state index in [0.717, 1.165) is 13.0 Å². The van der Waals surface area contributed by atoms with Crippen LogP contribution in [-0.4, -0.2) is 33.5 Å². The van der Waals surface area contributed by atoms with E-state index in [1.165, 1.54) is 6.04 Å². The summed E-state index contributed by atoms with van der Waals surface area (Å²) in [6.45, 7) is 8.44. The highest BCUT2D eigenvalue weighted by Crippen LogP contribution is 2.31. The summed E-state index contributed by atoms with van der Waals surface area (Å²) in [6.07, 6.45) is 4.75. The van der Waals surface area contributed by atoms with Crippen molar-refractivity contribution in [3.05, 3.63) is 25.3 Å². The van der Waals surface area contributed by atoms with Crippen LogP contribution in [0.2, 0.25) is 6.04 Å². The lowest BCUT2D eigenvalue weighted by Gasteiger charge is -2.39. The molecule has 1 heterocycles. The van der Waals surface area contributed by atoms with Crippen molar-refractivity contribution in [2.45, 2.75) is 22.5 Å². The van der Waals surface area contributed by atoms with Gasteiger partial charge in [0, 0.05) is 16.6 Å². The van der Waals surface area contributed by atoms with Crippen molar-refractivity contribution in [3.8, 4) is 0 Å². The number of rotatable bonds is 4. The van der Waals surface area contributed by atoms with Gasteiger partial charge >= 0.3 is 0 Å². The summed E-state index contributed by atoms with van der Waals surface area (Å²) in [6, 6.07) is 1.17. The van der Waals surface area contributed by atoms with Gasteiger partial charge in [-0.2, -0.15) is 0 Å². The summed E-state index contributed by atoms with van der Waals surface area (Å²) in [5.74, 6) is 0. The molecule has 0 amide bonds. The Morgan fingerprint density at radius 1 is 1.29 bits per heavy atom. The van der Waals surface area contributed by atoms with E-state index in [1.54, 1.807) is 0 Å². The second-order valence-corrected chi connectivity index (χ2v) is 15.1. The molecule has 1 aliphatic rings.